The molecule has 1 atom stereocenters. The summed E-state index contributed by atoms with van der Waals surface area (Å²) in [4.78, 5) is 13.1. The molecule has 0 radical (unpaired) electrons. The summed E-state index contributed by atoms with van der Waals surface area (Å²) in [6.45, 7) is 1.92. The van der Waals surface area contributed by atoms with Gasteiger partial charge in [0, 0.05) is 0 Å². The standard InChI is InChI=1S/C24H23NO4/c1-24(27,19-12-13-20-21(14-19)29-16-28-20)15-25-23(26)22(17-8-4-2-5-9-17)18-10-6-3-7-11-18/h2-14,22,27H,15-16H2,1H3,(H,25,26). The van der Waals surface area contributed by atoms with Crippen LogP contribution in [-0.2, 0) is 10.4 Å². The number of aliphatic hydroxyl groups is 1. The number of hydrogen-bond donors (Lipinski definition) is 2. The monoisotopic (exact) mass is 389 g/mol. The molecule has 1 aliphatic heterocycles. The maximum atomic E-state index is 13.1. The van der Waals surface area contributed by atoms with E-state index in [-0.39, 0.29) is 19.2 Å². The number of rotatable bonds is 6. The van der Waals surface area contributed by atoms with Crippen molar-refractivity contribution in [2.45, 2.75) is 18.4 Å². The van der Waals surface area contributed by atoms with Crippen molar-refractivity contribution in [2.75, 3.05) is 13.3 Å². The van der Waals surface area contributed by atoms with Crippen LogP contribution in [-0.4, -0.2) is 24.4 Å². The Bertz CT molecular complexity index is 947. The summed E-state index contributed by atoms with van der Waals surface area (Å²) in [6.07, 6.45) is 0. The first-order valence-corrected chi connectivity index (χ1v) is 9.55. The molecule has 0 fully saturated rings. The van der Waals surface area contributed by atoms with E-state index in [0.717, 1.165) is 11.1 Å². The lowest BCUT2D eigenvalue weighted by Crippen LogP contribution is -2.40. The van der Waals surface area contributed by atoms with Crippen LogP contribution in [0.2, 0.25) is 0 Å². The first-order chi connectivity index (χ1) is 14.0. The fourth-order valence-electron chi connectivity index (χ4n) is 3.48. The van der Waals surface area contributed by atoms with Crippen molar-refractivity contribution in [1.29, 1.82) is 0 Å². The normalized spacial score (nSPS) is 14.4. The van der Waals surface area contributed by atoms with Gasteiger partial charge in [-0.3, -0.25) is 4.79 Å². The molecule has 0 spiro atoms. The molecule has 2 N–H and O–H groups in total. The SMILES string of the molecule is CC(O)(CNC(=O)C(c1ccccc1)c1ccccc1)c1ccc2c(c1)OCO2. The summed E-state index contributed by atoms with van der Waals surface area (Å²) in [6, 6.07) is 24.6. The van der Waals surface area contributed by atoms with Crippen LogP contribution in [0.4, 0.5) is 0 Å². The Balaban J connectivity index is 1.53. The number of amides is 1. The third-order valence-corrected chi connectivity index (χ3v) is 5.13. The van der Waals surface area contributed by atoms with E-state index in [1.165, 1.54) is 0 Å². The molecule has 1 unspecified atom stereocenters. The number of nitrogens with one attached hydrogen (secondary N) is 1. The lowest BCUT2D eigenvalue weighted by molar-refractivity contribution is -0.122. The van der Waals surface area contributed by atoms with Crippen molar-refractivity contribution in [1.82, 2.24) is 5.32 Å². The molecule has 0 saturated heterocycles. The summed E-state index contributed by atoms with van der Waals surface area (Å²) >= 11 is 0. The number of carbonyl (C=O) groups is 1. The second-order valence-corrected chi connectivity index (χ2v) is 7.31. The van der Waals surface area contributed by atoms with Crippen LogP contribution in [0.3, 0.4) is 0 Å². The highest BCUT2D eigenvalue weighted by Gasteiger charge is 2.29. The molecule has 1 amide bonds. The Hall–Kier alpha value is -3.31. The lowest BCUT2D eigenvalue weighted by Gasteiger charge is -2.26. The van der Waals surface area contributed by atoms with Gasteiger partial charge >= 0.3 is 0 Å². The lowest BCUT2D eigenvalue weighted by atomic mass is 9.89. The second-order valence-electron chi connectivity index (χ2n) is 7.31. The average molecular weight is 389 g/mol. The van der Waals surface area contributed by atoms with Gasteiger partial charge in [0.2, 0.25) is 12.7 Å². The largest absolute Gasteiger partial charge is 0.454 e. The molecular weight excluding hydrogens is 366 g/mol. The third-order valence-electron chi connectivity index (χ3n) is 5.13. The molecule has 5 heteroatoms. The molecule has 0 aliphatic carbocycles. The quantitative estimate of drug-likeness (QED) is 0.676. The van der Waals surface area contributed by atoms with E-state index in [2.05, 4.69) is 5.32 Å². The van der Waals surface area contributed by atoms with Crippen molar-refractivity contribution in [2.24, 2.45) is 0 Å². The van der Waals surface area contributed by atoms with E-state index in [1.807, 2.05) is 60.7 Å². The molecule has 4 rings (SSSR count). The summed E-state index contributed by atoms with van der Waals surface area (Å²) in [5, 5.41) is 13.9. The summed E-state index contributed by atoms with van der Waals surface area (Å²) in [5.74, 6) is 0.635. The first kappa shape index (κ1) is 19.0. The minimum atomic E-state index is -1.26. The molecular formula is C24H23NO4. The highest BCUT2D eigenvalue weighted by molar-refractivity contribution is 5.87. The first-order valence-electron chi connectivity index (χ1n) is 9.55. The highest BCUT2D eigenvalue weighted by atomic mass is 16.7. The Morgan fingerprint density at radius 2 is 1.55 bits per heavy atom. The number of ether oxygens (including phenoxy) is 2. The summed E-state index contributed by atoms with van der Waals surface area (Å²) in [5.41, 5.74) is 1.20. The van der Waals surface area contributed by atoms with E-state index < -0.39 is 11.5 Å². The Morgan fingerprint density at radius 3 is 2.17 bits per heavy atom. The zero-order valence-electron chi connectivity index (χ0n) is 16.2. The predicted octanol–water partition coefficient (Wildman–Crippen LogP) is 3.57. The van der Waals surface area contributed by atoms with Crippen molar-refractivity contribution >= 4 is 5.91 Å². The average Bonchev–Trinajstić information content (AvgIpc) is 3.22. The Labute approximate surface area is 169 Å². The van der Waals surface area contributed by atoms with Gasteiger partial charge in [0.15, 0.2) is 11.5 Å². The van der Waals surface area contributed by atoms with E-state index in [4.69, 9.17) is 9.47 Å². The van der Waals surface area contributed by atoms with Crippen molar-refractivity contribution < 1.29 is 19.4 Å². The topological polar surface area (TPSA) is 67.8 Å². The minimum absolute atomic E-state index is 0.0711. The van der Waals surface area contributed by atoms with Gasteiger partial charge in [-0.15, -0.1) is 0 Å². The van der Waals surface area contributed by atoms with Gasteiger partial charge in [-0.25, -0.2) is 0 Å². The van der Waals surface area contributed by atoms with Gasteiger partial charge in [-0.2, -0.15) is 0 Å². The van der Waals surface area contributed by atoms with E-state index in [0.29, 0.717) is 17.1 Å². The number of fused-ring (bicyclic) bond motifs is 1. The molecule has 0 aromatic heterocycles. The van der Waals surface area contributed by atoms with Crippen LogP contribution in [0.25, 0.3) is 0 Å². The molecule has 29 heavy (non-hydrogen) atoms. The fourth-order valence-corrected chi connectivity index (χ4v) is 3.48. The number of benzene rings is 3. The molecule has 148 valence electrons. The van der Waals surface area contributed by atoms with E-state index in [1.54, 1.807) is 25.1 Å². The highest BCUT2D eigenvalue weighted by Crippen LogP contribution is 2.35. The molecule has 3 aromatic carbocycles. The smallest absolute Gasteiger partial charge is 0.232 e. The Morgan fingerprint density at radius 1 is 0.966 bits per heavy atom. The van der Waals surface area contributed by atoms with Crippen LogP contribution in [0.15, 0.2) is 78.9 Å². The third kappa shape index (κ3) is 4.10. The fraction of sp³-hybridized carbons (Fsp3) is 0.208. The van der Waals surface area contributed by atoms with Crippen molar-refractivity contribution in [3.05, 3.63) is 95.6 Å². The van der Waals surface area contributed by atoms with Crippen molar-refractivity contribution in [3.8, 4) is 11.5 Å². The number of hydrogen-bond acceptors (Lipinski definition) is 4. The Kier molecular flexibility index (Phi) is 5.23. The predicted molar refractivity (Wildman–Crippen MR) is 110 cm³/mol. The number of carbonyl (C=O) groups excluding carboxylic acids is 1. The van der Waals surface area contributed by atoms with Gasteiger partial charge in [-0.1, -0.05) is 66.7 Å². The van der Waals surface area contributed by atoms with Crippen LogP contribution in [0, 0.1) is 0 Å². The second kappa shape index (κ2) is 7.97. The molecule has 0 saturated carbocycles. The maximum absolute atomic E-state index is 13.1. The molecule has 3 aromatic rings. The van der Waals surface area contributed by atoms with Gasteiger partial charge in [-0.05, 0) is 35.7 Å². The molecule has 1 heterocycles. The summed E-state index contributed by atoms with van der Waals surface area (Å²) < 4.78 is 10.7. The van der Waals surface area contributed by atoms with Crippen LogP contribution in [0.1, 0.15) is 29.5 Å². The van der Waals surface area contributed by atoms with Gasteiger partial charge in [0.1, 0.15) is 5.60 Å². The van der Waals surface area contributed by atoms with Crippen LogP contribution in [0.5, 0.6) is 11.5 Å². The molecule has 5 nitrogen and oxygen atoms in total. The zero-order valence-corrected chi connectivity index (χ0v) is 16.2. The van der Waals surface area contributed by atoms with Gasteiger partial charge < -0.3 is 19.9 Å². The molecule has 1 aliphatic rings. The van der Waals surface area contributed by atoms with E-state index in [9.17, 15) is 9.90 Å². The molecule has 0 bridgehead atoms. The van der Waals surface area contributed by atoms with Crippen LogP contribution < -0.4 is 14.8 Å². The van der Waals surface area contributed by atoms with Crippen molar-refractivity contribution in [3.63, 3.8) is 0 Å². The van der Waals surface area contributed by atoms with Crippen LogP contribution >= 0.6 is 0 Å². The van der Waals surface area contributed by atoms with E-state index >= 15 is 0 Å². The minimum Gasteiger partial charge on any atom is -0.454 e. The maximum Gasteiger partial charge on any atom is 0.232 e. The zero-order chi connectivity index (χ0) is 20.3. The van der Waals surface area contributed by atoms with Gasteiger partial charge in [0.05, 0.1) is 12.5 Å². The van der Waals surface area contributed by atoms with Gasteiger partial charge in [0.25, 0.3) is 0 Å². The summed E-state index contributed by atoms with van der Waals surface area (Å²) in [7, 11) is 0.